The van der Waals surface area contributed by atoms with Gasteiger partial charge in [0.25, 0.3) is 0 Å². The molecule has 1 aromatic carbocycles. The molecule has 0 unspecified atom stereocenters. The molecule has 3 N–H and O–H groups in total. The first kappa shape index (κ1) is 15.5. The predicted octanol–water partition coefficient (Wildman–Crippen LogP) is 0.342. The highest BCUT2D eigenvalue weighted by molar-refractivity contribution is 5.97. The summed E-state index contributed by atoms with van der Waals surface area (Å²) in [6.07, 6.45) is 0. The lowest BCUT2D eigenvalue weighted by Crippen LogP contribution is -2.46. The Balaban J connectivity index is 2.83. The van der Waals surface area contributed by atoms with Crippen LogP contribution in [0.5, 0.6) is 0 Å². The average molecular weight is 279 g/mol. The molecule has 0 bridgehead atoms. The zero-order chi connectivity index (χ0) is 15.1. The lowest BCUT2D eigenvalue weighted by atomic mass is 10.2. The first-order valence-electron chi connectivity index (χ1n) is 5.98. The zero-order valence-corrected chi connectivity index (χ0v) is 11.3. The van der Waals surface area contributed by atoms with Crippen molar-refractivity contribution in [2.75, 3.05) is 25.0 Å². The number of urea groups is 1. The van der Waals surface area contributed by atoms with Crippen molar-refractivity contribution in [1.29, 1.82) is 0 Å². The van der Waals surface area contributed by atoms with Crippen molar-refractivity contribution in [2.24, 2.45) is 0 Å². The summed E-state index contributed by atoms with van der Waals surface area (Å²) in [5.41, 5.74) is 1.45. The Bertz CT molecular complexity index is 499. The number of nitrogens with zero attached hydrogens (tertiary/aromatic N) is 1. The molecule has 0 aliphatic heterocycles. The van der Waals surface area contributed by atoms with E-state index in [-0.39, 0.29) is 12.5 Å². The van der Waals surface area contributed by atoms with Crippen molar-refractivity contribution in [3.05, 3.63) is 29.8 Å². The van der Waals surface area contributed by atoms with E-state index < -0.39 is 18.5 Å². The lowest BCUT2D eigenvalue weighted by Gasteiger charge is -2.21. The summed E-state index contributed by atoms with van der Waals surface area (Å²) in [5, 5.41) is 13.6. The van der Waals surface area contributed by atoms with E-state index in [1.165, 1.54) is 7.05 Å². The zero-order valence-electron chi connectivity index (χ0n) is 11.3. The Labute approximate surface area is 116 Å². The molecule has 0 heterocycles. The highest BCUT2D eigenvalue weighted by Crippen LogP contribution is 2.15. The minimum Gasteiger partial charge on any atom is -0.480 e. The van der Waals surface area contributed by atoms with Gasteiger partial charge in [-0.05, 0) is 19.1 Å². The molecule has 0 atom stereocenters. The summed E-state index contributed by atoms with van der Waals surface area (Å²) in [6, 6.07) is 6.21. The van der Waals surface area contributed by atoms with Crippen LogP contribution in [0.15, 0.2) is 24.3 Å². The Morgan fingerprint density at radius 1 is 1.20 bits per heavy atom. The second-order valence-corrected chi connectivity index (χ2v) is 4.15. The summed E-state index contributed by atoms with van der Waals surface area (Å²) in [7, 11) is 1.45. The van der Waals surface area contributed by atoms with Crippen molar-refractivity contribution < 1.29 is 19.5 Å². The number of aliphatic carboxylic acids is 1. The smallest absolute Gasteiger partial charge is 0.323 e. The third-order valence-electron chi connectivity index (χ3n) is 2.56. The third kappa shape index (κ3) is 4.60. The molecule has 0 aromatic heterocycles. The Hall–Kier alpha value is -2.57. The largest absolute Gasteiger partial charge is 0.480 e. The number of nitrogens with one attached hydrogen (secondary N) is 2. The number of benzene rings is 1. The number of likely N-dealkylation sites (N-methyl/N-ethyl adjacent to an activating group) is 1. The van der Waals surface area contributed by atoms with Crippen LogP contribution in [0, 0.1) is 6.92 Å². The number of carboxylic acid groups (broad SMARTS) is 1. The van der Waals surface area contributed by atoms with Gasteiger partial charge in [0.1, 0.15) is 6.54 Å². The van der Waals surface area contributed by atoms with Gasteiger partial charge in [-0.1, -0.05) is 17.7 Å². The molecule has 0 saturated heterocycles. The van der Waals surface area contributed by atoms with Crippen LogP contribution in [0.1, 0.15) is 5.56 Å². The SMILES string of the molecule is CNC(=O)CNC(=O)N(CC(=O)O)c1ccc(C)cc1. The van der Waals surface area contributed by atoms with Gasteiger partial charge in [-0.3, -0.25) is 14.5 Å². The van der Waals surface area contributed by atoms with Crippen LogP contribution in [-0.4, -0.2) is 43.2 Å². The lowest BCUT2D eigenvalue weighted by molar-refractivity contribution is -0.135. The van der Waals surface area contributed by atoms with Crippen LogP contribution in [0.4, 0.5) is 10.5 Å². The number of amides is 3. The number of aryl methyl sites for hydroxylation is 1. The molecule has 3 amide bonds. The molecule has 1 aromatic rings. The maximum Gasteiger partial charge on any atom is 0.323 e. The van der Waals surface area contributed by atoms with Crippen molar-refractivity contribution in [3.8, 4) is 0 Å². The van der Waals surface area contributed by atoms with Gasteiger partial charge in [0.2, 0.25) is 5.91 Å². The van der Waals surface area contributed by atoms with Crippen molar-refractivity contribution in [3.63, 3.8) is 0 Å². The van der Waals surface area contributed by atoms with Gasteiger partial charge in [-0.25, -0.2) is 4.79 Å². The van der Waals surface area contributed by atoms with Gasteiger partial charge in [0.15, 0.2) is 0 Å². The van der Waals surface area contributed by atoms with Gasteiger partial charge in [0.05, 0.1) is 6.54 Å². The molecule has 0 spiro atoms. The second-order valence-electron chi connectivity index (χ2n) is 4.15. The molecule has 7 nitrogen and oxygen atoms in total. The van der Waals surface area contributed by atoms with E-state index in [9.17, 15) is 14.4 Å². The minimum absolute atomic E-state index is 0.211. The maximum atomic E-state index is 12.0. The van der Waals surface area contributed by atoms with E-state index in [2.05, 4.69) is 10.6 Å². The van der Waals surface area contributed by atoms with Crippen molar-refractivity contribution >= 4 is 23.6 Å². The van der Waals surface area contributed by atoms with Gasteiger partial charge in [0, 0.05) is 12.7 Å². The number of carboxylic acids is 1. The number of hydrogen-bond donors (Lipinski definition) is 3. The van der Waals surface area contributed by atoms with Crippen LogP contribution >= 0.6 is 0 Å². The number of carbonyl (C=O) groups excluding carboxylic acids is 2. The molecule has 0 fully saturated rings. The predicted molar refractivity (Wildman–Crippen MR) is 73.6 cm³/mol. The van der Waals surface area contributed by atoms with E-state index in [0.717, 1.165) is 10.5 Å². The molecule has 7 heteroatoms. The van der Waals surface area contributed by atoms with E-state index in [1.54, 1.807) is 24.3 Å². The summed E-state index contributed by atoms with van der Waals surface area (Å²) < 4.78 is 0. The molecule has 0 saturated carbocycles. The fourth-order valence-electron chi connectivity index (χ4n) is 1.48. The maximum absolute atomic E-state index is 12.0. The van der Waals surface area contributed by atoms with Crippen molar-refractivity contribution in [1.82, 2.24) is 10.6 Å². The van der Waals surface area contributed by atoms with Crippen molar-refractivity contribution in [2.45, 2.75) is 6.92 Å². The first-order valence-corrected chi connectivity index (χ1v) is 5.98. The third-order valence-corrected chi connectivity index (χ3v) is 2.56. The summed E-state index contributed by atoms with van der Waals surface area (Å²) in [5.74, 6) is -1.50. The number of anilines is 1. The van der Waals surface area contributed by atoms with E-state index >= 15 is 0 Å². The van der Waals surface area contributed by atoms with E-state index in [1.807, 2.05) is 6.92 Å². The quantitative estimate of drug-likeness (QED) is 0.724. The molecule has 0 aliphatic carbocycles. The number of carbonyl (C=O) groups is 3. The molecule has 0 aliphatic rings. The van der Waals surface area contributed by atoms with Gasteiger partial charge in [-0.15, -0.1) is 0 Å². The molecule has 108 valence electrons. The van der Waals surface area contributed by atoms with Crippen LogP contribution in [-0.2, 0) is 9.59 Å². The summed E-state index contributed by atoms with van der Waals surface area (Å²) in [6.45, 7) is 1.19. The van der Waals surface area contributed by atoms with E-state index in [4.69, 9.17) is 5.11 Å². The fraction of sp³-hybridized carbons (Fsp3) is 0.308. The Morgan fingerprint density at radius 3 is 2.30 bits per heavy atom. The standard InChI is InChI=1S/C13H17N3O4/c1-9-3-5-10(6-4-9)16(8-12(18)19)13(20)15-7-11(17)14-2/h3-6H,7-8H2,1-2H3,(H,14,17)(H,15,20)(H,18,19). The molecule has 1 rings (SSSR count). The monoisotopic (exact) mass is 279 g/mol. The normalized spacial score (nSPS) is 9.70. The number of hydrogen-bond acceptors (Lipinski definition) is 3. The molecule has 20 heavy (non-hydrogen) atoms. The Morgan fingerprint density at radius 2 is 1.80 bits per heavy atom. The van der Waals surface area contributed by atoms with Crippen LogP contribution in [0.25, 0.3) is 0 Å². The summed E-state index contributed by atoms with van der Waals surface area (Å²) in [4.78, 5) is 34.9. The molecular weight excluding hydrogens is 262 g/mol. The van der Waals surface area contributed by atoms with E-state index in [0.29, 0.717) is 5.69 Å². The van der Waals surface area contributed by atoms with Crippen LogP contribution < -0.4 is 15.5 Å². The fourth-order valence-corrected chi connectivity index (χ4v) is 1.48. The average Bonchev–Trinajstić information content (AvgIpc) is 2.42. The number of rotatable bonds is 5. The van der Waals surface area contributed by atoms with Gasteiger partial charge >= 0.3 is 12.0 Å². The minimum atomic E-state index is -1.14. The topological polar surface area (TPSA) is 98.7 Å². The summed E-state index contributed by atoms with van der Waals surface area (Å²) >= 11 is 0. The molecule has 0 radical (unpaired) electrons. The first-order chi connectivity index (χ1) is 9.43. The highest BCUT2D eigenvalue weighted by atomic mass is 16.4. The Kier molecular flexibility index (Phi) is 5.52. The van der Waals surface area contributed by atoms with Gasteiger partial charge in [-0.2, -0.15) is 0 Å². The van der Waals surface area contributed by atoms with Crippen LogP contribution in [0.2, 0.25) is 0 Å². The van der Waals surface area contributed by atoms with Gasteiger partial charge < -0.3 is 15.7 Å². The van der Waals surface area contributed by atoms with Crippen LogP contribution in [0.3, 0.4) is 0 Å². The second kappa shape index (κ2) is 7.13. The highest BCUT2D eigenvalue weighted by Gasteiger charge is 2.19. The molecular formula is C13H17N3O4.